The maximum atomic E-state index is 5.43. The Morgan fingerprint density at radius 2 is 2.19 bits per heavy atom. The normalized spacial score (nSPS) is 10.1. The van der Waals surface area contributed by atoms with Crippen molar-refractivity contribution in [3.05, 3.63) is 18.2 Å². The first kappa shape index (κ1) is 12.8. The van der Waals surface area contributed by atoms with Crippen molar-refractivity contribution in [3.8, 4) is 5.88 Å². The summed E-state index contributed by atoms with van der Waals surface area (Å²) in [5.74, 6) is 1.44. The fraction of sp³-hybridized carbons (Fsp3) is 0.583. The molecular weight excluding hydrogens is 204 g/mol. The molecule has 0 bridgehead atoms. The fourth-order valence-electron chi connectivity index (χ4n) is 1.23. The third kappa shape index (κ3) is 4.98. The fourth-order valence-corrected chi connectivity index (χ4v) is 1.23. The van der Waals surface area contributed by atoms with Crippen molar-refractivity contribution in [1.29, 1.82) is 0 Å². The minimum Gasteiger partial charge on any atom is -0.481 e. The van der Waals surface area contributed by atoms with Gasteiger partial charge < -0.3 is 14.8 Å². The second kappa shape index (κ2) is 7.93. The number of ether oxygens (including phenoxy) is 2. The number of aromatic nitrogens is 1. The van der Waals surface area contributed by atoms with E-state index in [0.29, 0.717) is 12.5 Å². The Morgan fingerprint density at radius 1 is 1.31 bits per heavy atom. The van der Waals surface area contributed by atoms with E-state index >= 15 is 0 Å². The third-order valence-electron chi connectivity index (χ3n) is 2.13. The summed E-state index contributed by atoms with van der Waals surface area (Å²) in [7, 11) is 1.61. The van der Waals surface area contributed by atoms with Gasteiger partial charge in [0.2, 0.25) is 5.88 Å². The molecule has 0 aliphatic heterocycles. The van der Waals surface area contributed by atoms with Crippen molar-refractivity contribution in [2.75, 3.05) is 32.2 Å². The molecule has 1 aromatic heterocycles. The van der Waals surface area contributed by atoms with Crippen LogP contribution < -0.4 is 10.1 Å². The van der Waals surface area contributed by atoms with Crippen LogP contribution in [0.3, 0.4) is 0 Å². The zero-order valence-corrected chi connectivity index (χ0v) is 10.0. The molecule has 4 heteroatoms. The smallest absolute Gasteiger partial charge is 0.214 e. The van der Waals surface area contributed by atoms with E-state index in [1.54, 1.807) is 7.11 Å². The molecular formula is C12H20N2O2. The molecule has 1 rings (SSSR count). The van der Waals surface area contributed by atoms with Gasteiger partial charge in [0.05, 0.1) is 13.7 Å². The van der Waals surface area contributed by atoms with Crippen molar-refractivity contribution in [3.63, 3.8) is 0 Å². The maximum Gasteiger partial charge on any atom is 0.214 e. The maximum absolute atomic E-state index is 5.43. The predicted octanol–water partition coefficient (Wildman–Crippen LogP) is 2.32. The molecule has 90 valence electrons. The van der Waals surface area contributed by atoms with Crippen LogP contribution in [-0.2, 0) is 4.74 Å². The van der Waals surface area contributed by atoms with Gasteiger partial charge in [0.15, 0.2) is 0 Å². The summed E-state index contributed by atoms with van der Waals surface area (Å²) in [6.45, 7) is 4.47. The molecule has 16 heavy (non-hydrogen) atoms. The standard InChI is InChI=1S/C12H20N2O2/c1-3-4-9-16-10-8-13-11-6-5-7-12(14-11)15-2/h5-7H,3-4,8-10H2,1-2H3,(H,13,14). The highest BCUT2D eigenvalue weighted by atomic mass is 16.5. The second-order valence-electron chi connectivity index (χ2n) is 3.46. The van der Waals surface area contributed by atoms with Crippen LogP contribution in [0.5, 0.6) is 5.88 Å². The van der Waals surface area contributed by atoms with Crippen molar-refractivity contribution in [2.45, 2.75) is 19.8 Å². The van der Waals surface area contributed by atoms with Crippen molar-refractivity contribution in [1.82, 2.24) is 4.98 Å². The van der Waals surface area contributed by atoms with Gasteiger partial charge >= 0.3 is 0 Å². The number of methoxy groups -OCH3 is 1. The first-order chi connectivity index (χ1) is 7.86. The minimum absolute atomic E-state index is 0.622. The Hall–Kier alpha value is -1.29. The highest BCUT2D eigenvalue weighted by Crippen LogP contribution is 2.09. The number of hydrogen-bond acceptors (Lipinski definition) is 4. The van der Waals surface area contributed by atoms with Crippen molar-refractivity contribution in [2.24, 2.45) is 0 Å². The van der Waals surface area contributed by atoms with Gasteiger partial charge in [0.1, 0.15) is 5.82 Å². The highest BCUT2D eigenvalue weighted by Gasteiger charge is 1.96. The van der Waals surface area contributed by atoms with Gasteiger partial charge in [-0.15, -0.1) is 0 Å². The van der Waals surface area contributed by atoms with Crippen molar-refractivity contribution < 1.29 is 9.47 Å². The van der Waals surface area contributed by atoms with E-state index in [1.165, 1.54) is 6.42 Å². The highest BCUT2D eigenvalue weighted by molar-refractivity contribution is 5.36. The average molecular weight is 224 g/mol. The SMILES string of the molecule is CCCCOCCNc1cccc(OC)n1. The van der Waals surface area contributed by atoms with Crippen LogP contribution in [0.25, 0.3) is 0 Å². The van der Waals surface area contributed by atoms with Gasteiger partial charge in [-0.1, -0.05) is 19.4 Å². The number of hydrogen-bond donors (Lipinski definition) is 1. The lowest BCUT2D eigenvalue weighted by Gasteiger charge is -2.07. The molecule has 0 saturated carbocycles. The van der Waals surface area contributed by atoms with Gasteiger partial charge in [-0.25, -0.2) is 0 Å². The van der Waals surface area contributed by atoms with Crippen LogP contribution in [0.15, 0.2) is 18.2 Å². The molecule has 1 aromatic rings. The molecule has 0 unspecified atom stereocenters. The lowest BCUT2D eigenvalue weighted by Crippen LogP contribution is -2.11. The topological polar surface area (TPSA) is 43.4 Å². The second-order valence-corrected chi connectivity index (χ2v) is 3.46. The number of nitrogens with zero attached hydrogens (tertiary/aromatic N) is 1. The Labute approximate surface area is 97.0 Å². The van der Waals surface area contributed by atoms with Gasteiger partial charge in [-0.05, 0) is 12.5 Å². The summed E-state index contributed by atoms with van der Waals surface area (Å²) >= 11 is 0. The van der Waals surface area contributed by atoms with E-state index in [2.05, 4.69) is 17.2 Å². The lowest BCUT2D eigenvalue weighted by molar-refractivity contribution is 0.141. The van der Waals surface area contributed by atoms with Gasteiger partial charge in [0.25, 0.3) is 0 Å². The minimum atomic E-state index is 0.622. The Bertz CT molecular complexity index is 292. The first-order valence-corrected chi connectivity index (χ1v) is 5.69. The van der Waals surface area contributed by atoms with E-state index in [9.17, 15) is 0 Å². The van der Waals surface area contributed by atoms with Crippen LogP contribution in [-0.4, -0.2) is 31.9 Å². The quantitative estimate of drug-likeness (QED) is 0.688. The molecule has 0 radical (unpaired) electrons. The molecule has 0 saturated heterocycles. The molecule has 0 amide bonds. The van der Waals surface area contributed by atoms with E-state index in [1.807, 2.05) is 18.2 Å². The molecule has 4 nitrogen and oxygen atoms in total. The number of pyridine rings is 1. The zero-order valence-electron chi connectivity index (χ0n) is 10.0. The third-order valence-corrected chi connectivity index (χ3v) is 2.13. The molecule has 0 atom stereocenters. The van der Waals surface area contributed by atoms with E-state index < -0.39 is 0 Å². The summed E-state index contributed by atoms with van der Waals surface area (Å²) in [5, 5.41) is 3.18. The summed E-state index contributed by atoms with van der Waals surface area (Å²) < 4.78 is 10.5. The van der Waals surface area contributed by atoms with Crippen LogP contribution >= 0.6 is 0 Å². The Kier molecular flexibility index (Phi) is 6.33. The molecule has 0 fully saturated rings. The summed E-state index contributed by atoms with van der Waals surface area (Å²) in [4.78, 5) is 4.24. The summed E-state index contributed by atoms with van der Waals surface area (Å²) in [5.41, 5.74) is 0. The van der Waals surface area contributed by atoms with Gasteiger partial charge in [-0.2, -0.15) is 4.98 Å². The summed E-state index contributed by atoms with van der Waals surface area (Å²) in [6, 6.07) is 5.64. The summed E-state index contributed by atoms with van der Waals surface area (Å²) in [6.07, 6.45) is 2.29. The molecule has 1 heterocycles. The molecule has 0 aliphatic rings. The first-order valence-electron chi connectivity index (χ1n) is 5.69. The van der Waals surface area contributed by atoms with Crippen LogP contribution in [0.2, 0.25) is 0 Å². The number of rotatable bonds is 8. The van der Waals surface area contributed by atoms with E-state index in [0.717, 1.165) is 25.4 Å². The Balaban J connectivity index is 2.16. The van der Waals surface area contributed by atoms with Crippen LogP contribution in [0.1, 0.15) is 19.8 Å². The number of anilines is 1. The number of nitrogens with one attached hydrogen (secondary N) is 1. The van der Waals surface area contributed by atoms with Crippen molar-refractivity contribution >= 4 is 5.82 Å². The number of unbranched alkanes of at least 4 members (excludes halogenated alkanes) is 1. The molecule has 0 aromatic carbocycles. The van der Waals surface area contributed by atoms with Crippen LogP contribution in [0.4, 0.5) is 5.82 Å². The zero-order chi connectivity index (χ0) is 11.6. The van der Waals surface area contributed by atoms with E-state index in [-0.39, 0.29) is 0 Å². The largest absolute Gasteiger partial charge is 0.481 e. The van der Waals surface area contributed by atoms with Gasteiger partial charge in [-0.3, -0.25) is 0 Å². The predicted molar refractivity (Wildman–Crippen MR) is 65.0 cm³/mol. The lowest BCUT2D eigenvalue weighted by atomic mass is 10.4. The Morgan fingerprint density at radius 3 is 2.94 bits per heavy atom. The molecule has 0 aliphatic carbocycles. The van der Waals surface area contributed by atoms with Crippen LogP contribution in [0, 0.1) is 0 Å². The molecule has 0 spiro atoms. The monoisotopic (exact) mass is 224 g/mol. The molecule has 1 N–H and O–H groups in total. The average Bonchev–Trinajstić information content (AvgIpc) is 2.34. The van der Waals surface area contributed by atoms with E-state index in [4.69, 9.17) is 9.47 Å². The van der Waals surface area contributed by atoms with Gasteiger partial charge in [0, 0.05) is 19.2 Å².